The van der Waals surface area contributed by atoms with Gasteiger partial charge in [0.05, 0.1) is 11.7 Å². The minimum absolute atomic E-state index is 0.134. The fraction of sp³-hybridized carbons (Fsp3) is 0.500. The van der Waals surface area contributed by atoms with E-state index >= 15 is 0 Å². The molecule has 1 heterocycles. The first kappa shape index (κ1) is 25.3. The van der Waals surface area contributed by atoms with Crippen LogP contribution in [0.3, 0.4) is 0 Å². The quantitative estimate of drug-likeness (QED) is 0.389. The molecule has 1 aliphatic rings. The van der Waals surface area contributed by atoms with E-state index in [-0.39, 0.29) is 29.2 Å². The van der Waals surface area contributed by atoms with Crippen LogP contribution in [0.5, 0.6) is 0 Å². The number of thioether (sulfide) groups is 2. The van der Waals surface area contributed by atoms with Crippen LogP contribution < -0.4 is 0 Å². The summed E-state index contributed by atoms with van der Waals surface area (Å²) in [7, 11) is 1.55. The number of aryl methyl sites for hydroxylation is 1. The summed E-state index contributed by atoms with van der Waals surface area (Å²) < 4.78 is 22.2. The van der Waals surface area contributed by atoms with Crippen LogP contribution in [0.4, 0.5) is 4.79 Å². The summed E-state index contributed by atoms with van der Waals surface area (Å²) in [5, 5.41) is 0. The Morgan fingerprint density at radius 2 is 1.86 bits per heavy atom. The van der Waals surface area contributed by atoms with E-state index in [1.54, 1.807) is 25.5 Å². The van der Waals surface area contributed by atoms with Crippen LogP contribution in [-0.4, -0.2) is 59.5 Å². The van der Waals surface area contributed by atoms with Crippen molar-refractivity contribution in [2.75, 3.05) is 26.2 Å². The summed E-state index contributed by atoms with van der Waals surface area (Å²) in [6, 6.07) is 7.23. The van der Waals surface area contributed by atoms with Crippen molar-refractivity contribution in [2.45, 2.75) is 31.8 Å². The summed E-state index contributed by atoms with van der Waals surface area (Å²) >= 11 is 10.9. The lowest BCUT2D eigenvalue weighted by molar-refractivity contribution is -0.150. The molecule has 28 heavy (non-hydrogen) atoms. The summed E-state index contributed by atoms with van der Waals surface area (Å²) in [6.45, 7) is 2.12. The number of carbonyl (C=O) groups excluding carboxylic acids is 2. The Labute approximate surface area is 184 Å². The Balaban J connectivity index is 0.000000696. The average molecular weight is 465 g/mol. The van der Waals surface area contributed by atoms with E-state index in [1.165, 1.54) is 11.8 Å². The second-order valence-electron chi connectivity index (χ2n) is 5.64. The molecule has 0 amide bonds. The van der Waals surface area contributed by atoms with Crippen LogP contribution in [0.25, 0.3) is 0 Å². The second-order valence-corrected chi connectivity index (χ2v) is 8.54. The molecule has 156 valence electrons. The van der Waals surface area contributed by atoms with Gasteiger partial charge in [0.15, 0.2) is 12.4 Å². The third-order valence-electron chi connectivity index (χ3n) is 3.63. The average Bonchev–Trinajstić information content (AvgIpc) is 3.08. The largest absolute Gasteiger partial charge is 0.470 e. The minimum atomic E-state index is -0.511. The highest BCUT2D eigenvalue weighted by Crippen LogP contribution is 2.26. The van der Waals surface area contributed by atoms with Gasteiger partial charge in [-0.3, -0.25) is 4.79 Å². The predicted molar refractivity (Wildman–Crippen MR) is 121 cm³/mol. The number of thiocarbonyl (C=S) groups is 1. The molecule has 0 N–H and O–H groups in total. The van der Waals surface area contributed by atoms with Gasteiger partial charge in [0.2, 0.25) is 8.83 Å². The van der Waals surface area contributed by atoms with Crippen LogP contribution in [0.15, 0.2) is 24.3 Å². The molecule has 3 atom stereocenters. The lowest BCUT2D eigenvalue weighted by atomic mass is 10.1. The van der Waals surface area contributed by atoms with E-state index in [1.807, 2.05) is 25.3 Å². The fourth-order valence-electron chi connectivity index (χ4n) is 2.23. The maximum absolute atomic E-state index is 12.0. The van der Waals surface area contributed by atoms with Gasteiger partial charge >= 0.3 is 5.97 Å². The van der Waals surface area contributed by atoms with E-state index in [9.17, 15) is 9.59 Å². The maximum Gasteiger partial charge on any atom is 0.338 e. The standard InChI is InChI=1S/C16H20O5S2.C2H4OS2/c1-10-4-6-11(7-5-10)14(17)19-9-12-8-13(15(18-2)20-12)21-16(22)23-3;1-5-2(3)4/h4-7,12-13,15H,8-9H2,1-3H3;1H3,(H,3,4)/t12?,13-,15?;/m1./s1. The topological polar surface area (TPSA) is 71.1 Å². The molecule has 1 aliphatic heterocycles. The third kappa shape index (κ3) is 9.15. The van der Waals surface area contributed by atoms with Crippen LogP contribution in [0, 0.1) is 6.92 Å². The number of benzene rings is 1. The Morgan fingerprint density at radius 3 is 2.36 bits per heavy atom. The summed E-state index contributed by atoms with van der Waals surface area (Å²) in [5.41, 5.74) is 1.61. The number of carbonyl (C=O) groups is 2. The smallest absolute Gasteiger partial charge is 0.338 e. The van der Waals surface area contributed by atoms with E-state index < -0.39 is 6.29 Å². The van der Waals surface area contributed by atoms with Crippen LogP contribution in [-0.2, 0) is 18.9 Å². The van der Waals surface area contributed by atoms with E-state index in [4.69, 9.17) is 31.2 Å². The molecule has 1 aromatic carbocycles. The number of thiol groups is 1. The Hall–Kier alpha value is -0.780. The zero-order valence-corrected chi connectivity index (χ0v) is 19.4. The third-order valence-corrected chi connectivity index (χ3v) is 5.56. The van der Waals surface area contributed by atoms with Crippen molar-refractivity contribution >= 4 is 63.2 Å². The maximum atomic E-state index is 12.0. The summed E-state index contributed by atoms with van der Waals surface area (Å²) in [5.74, 6) is -0.369. The lowest BCUT2D eigenvalue weighted by Crippen LogP contribution is -2.27. The van der Waals surface area contributed by atoms with Crippen molar-refractivity contribution in [3.8, 4) is 0 Å². The van der Waals surface area contributed by atoms with E-state index in [0.717, 1.165) is 17.3 Å². The molecule has 0 spiro atoms. The van der Waals surface area contributed by atoms with Gasteiger partial charge < -0.3 is 18.9 Å². The van der Waals surface area contributed by atoms with Gasteiger partial charge in [-0.15, -0.1) is 0 Å². The molecule has 0 aliphatic carbocycles. The monoisotopic (exact) mass is 464 g/mol. The zero-order chi connectivity index (χ0) is 21.1. The van der Waals surface area contributed by atoms with E-state index in [2.05, 4.69) is 12.6 Å². The first-order valence-corrected chi connectivity index (χ1v) is 11.5. The number of methoxy groups -OCH3 is 1. The molecule has 1 fully saturated rings. The molecule has 2 unspecified atom stereocenters. The summed E-state index contributed by atoms with van der Waals surface area (Å²) in [6.07, 6.45) is 3.02. The highest BCUT2D eigenvalue weighted by molar-refractivity contribution is 8.31. The van der Waals surface area contributed by atoms with Gasteiger partial charge in [-0.25, -0.2) is 4.79 Å². The molecule has 1 saturated heterocycles. The van der Waals surface area contributed by atoms with Crippen molar-refractivity contribution < 1.29 is 28.5 Å². The number of rotatable bonds is 5. The number of hydrogen-bond acceptors (Lipinski definition) is 9. The van der Waals surface area contributed by atoms with Gasteiger partial charge in [0.25, 0.3) is 0 Å². The molecular weight excluding hydrogens is 440 g/mol. The first-order chi connectivity index (χ1) is 13.3. The highest BCUT2D eigenvalue weighted by atomic mass is 32.2. The molecular formula is C18H24O6S4. The molecule has 2 rings (SSSR count). The second kappa shape index (κ2) is 13.4. The van der Waals surface area contributed by atoms with Crippen molar-refractivity contribution in [3.63, 3.8) is 0 Å². The Kier molecular flexibility index (Phi) is 12.1. The van der Waals surface area contributed by atoms with Gasteiger partial charge in [-0.1, -0.05) is 53.8 Å². The van der Waals surface area contributed by atoms with Gasteiger partial charge in [0, 0.05) is 13.5 Å². The van der Waals surface area contributed by atoms with Crippen LogP contribution in [0.1, 0.15) is 22.3 Å². The minimum Gasteiger partial charge on any atom is -0.470 e. The summed E-state index contributed by atoms with van der Waals surface area (Å²) in [4.78, 5) is 21.6. The van der Waals surface area contributed by atoms with Crippen molar-refractivity contribution in [1.29, 1.82) is 0 Å². The Morgan fingerprint density at radius 1 is 1.25 bits per heavy atom. The van der Waals surface area contributed by atoms with Crippen LogP contribution in [0.2, 0.25) is 0 Å². The first-order valence-electron chi connectivity index (χ1n) is 8.24. The fourth-order valence-corrected chi connectivity index (χ4v) is 2.58. The molecule has 0 bridgehead atoms. The van der Waals surface area contributed by atoms with Gasteiger partial charge in [0.1, 0.15) is 6.61 Å². The molecule has 10 heteroatoms. The van der Waals surface area contributed by atoms with Crippen molar-refractivity contribution in [3.05, 3.63) is 35.4 Å². The molecule has 0 saturated carbocycles. The zero-order valence-electron chi connectivity index (χ0n) is 16.1. The SMILES string of the molecule is COC1OC(COC(=O)c2ccc(C)cc2)C[C@H]1OC(=S)SC.CSC(=O)S. The molecule has 1 aromatic rings. The molecule has 6 nitrogen and oxygen atoms in total. The predicted octanol–water partition coefficient (Wildman–Crippen LogP) is 4.35. The lowest BCUT2D eigenvalue weighted by Gasteiger charge is -2.17. The van der Waals surface area contributed by atoms with Gasteiger partial charge in [-0.05, 0) is 43.8 Å². The van der Waals surface area contributed by atoms with Crippen LogP contribution >= 0.6 is 48.4 Å². The number of ether oxygens (including phenoxy) is 4. The highest BCUT2D eigenvalue weighted by Gasteiger charge is 2.38. The van der Waals surface area contributed by atoms with Gasteiger partial charge in [-0.2, -0.15) is 0 Å². The Bertz CT molecular complexity index is 652. The number of esters is 1. The molecule has 0 aromatic heterocycles. The van der Waals surface area contributed by atoms with E-state index in [0.29, 0.717) is 16.4 Å². The van der Waals surface area contributed by atoms with Crippen molar-refractivity contribution in [2.24, 2.45) is 0 Å². The molecule has 0 radical (unpaired) electrons. The van der Waals surface area contributed by atoms with Crippen molar-refractivity contribution in [1.82, 2.24) is 0 Å². The normalized spacial score (nSPS) is 20.7. The number of hydrogen-bond donors (Lipinski definition) is 1.